The molecule has 2 heterocycles. The Morgan fingerprint density at radius 2 is 1.46 bits per heavy atom. The number of aliphatic hydroxyl groups excluding tert-OH is 3. The summed E-state index contributed by atoms with van der Waals surface area (Å²) in [5.74, 6) is -1.81. The van der Waals surface area contributed by atoms with Crippen molar-refractivity contribution in [3.05, 3.63) is 129 Å². The monoisotopic (exact) mass is 745 g/mol. The van der Waals surface area contributed by atoms with Gasteiger partial charge in [0.25, 0.3) is 5.09 Å². The first-order valence-electron chi connectivity index (χ1n) is 16.7. The number of rotatable bonds is 15. The van der Waals surface area contributed by atoms with Crippen LogP contribution in [0.15, 0.2) is 106 Å². The fraction of sp³-hybridized carbons (Fsp3) is 0.263. The number of ether oxygens (including phenoxy) is 5. The van der Waals surface area contributed by atoms with E-state index in [2.05, 4.69) is 4.84 Å². The van der Waals surface area contributed by atoms with E-state index < -0.39 is 52.9 Å². The molecular weight excluding hydrogens is 710 g/mol. The molecule has 1 saturated heterocycles. The van der Waals surface area contributed by atoms with Crippen LogP contribution in [0.2, 0.25) is 0 Å². The van der Waals surface area contributed by atoms with E-state index in [0.717, 1.165) is 5.56 Å². The number of aliphatic hydroxyl groups is 3. The highest BCUT2D eigenvalue weighted by Gasteiger charge is 2.49. The van der Waals surface area contributed by atoms with Gasteiger partial charge in [0.1, 0.15) is 54.0 Å². The van der Waals surface area contributed by atoms with Gasteiger partial charge in [-0.25, -0.2) is 4.79 Å². The zero-order valence-electron chi connectivity index (χ0n) is 28.4. The number of benzene rings is 4. The van der Waals surface area contributed by atoms with Gasteiger partial charge in [-0.05, 0) is 35.4 Å². The molecule has 5 aromatic rings. The van der Waals surface area contributed by atoms with Crippen LogP contribution >= 0.6 is 0 Å². The van der Waals surface area contributed by atoms with Gasteiger partial charge in [-0.3, -0.25) is 4.79 Å². The van der Waals surface area contributed by atoms with Gasteiger partial charge < -0.3 is 53.4 Å². The molecule has 0 aliphatic carbocycles. The fourth-order valence-electron chi connectivity index (χ4n) is 5.53. The smallest absolute Gasteiger partial charge is 0.338 e. The minimum absolute atomic E-state index is 0.0709. The summed E-state index contributed by atoms with van der Waals surface area (Å²) in [5.41, 5.74) is 1.39. The second-order valence-electron chi connectivity index (χ2n) is 12.1. The second-order valence-corrected chi connectivity index (χ2v) is 12.1. The number of hydrogen-bond acceptors (Lipinski definition) is 15. The van der Waals surface area contributed by atoms with Gasteiger partial charge in [0.05, 0.1) is 13.2 Å². The number of aromatic hydroxyl groups is 1. The molecule has 1 aromatic heterocycles. The summed E-state index contributed by atoms with van der Waals surface area (Å²) in [6.07, 6.45) is -9.70. The van der Waals surface area contributed by atoms with Crippen LogP contribution in [0.5, 0.6) is 23.0 Å². The topological polar surface area (TPSA) is 227 Å². The molecule has 6 rings (SSSR count). The molecule has 0 radical (unpaired) electrons. The van der Waals surface area contributed by atoms with E-state index in [1.54, 1.807) is 54.6 Å². The molecule has 1 aliphatic heterocycles. The molecule has 282 valence electrons. The number of phenols is 1. The number of esters is 1. The predicted octanol–water partition coefficient (Wildman–Crippen LogP) is 3.65. The van der Waals surface area contributed by atoms with Gasteiger partial charge in [0.2, 0.25) is 12.0 Å². The Hall–Kier alpha value is -6.20. The van der Waals surface area contributed by atoms with Gasteiger partial charge in [-0.2, -0.15) is 0 Å². The Balaban J connectivity index is 1.28. The average molecular weight is 746 g/mol. The first-order valence-corrected chi connectivity index (χ1v) is 16.7. The third-order valence-corrected chi connectivity index (χ3v) is 8.30. The van der Waals surface area contributed by atoms with Crippen molar-refractivity contribution >= 4 is 16.9 Å². The van der Waals surface area contributed by atoms with E-state index in [9.17, 15) is 40.1 Å². The Morgan fingerprint density at radius 3 is 2.11 bits per heavy atom. The van der Waals surface area contributed by atoms with Crippen LogP contribution in [0.3, 0.4) is 0 Å². The lowest BCUT2D eigenvalue weighted by molar-refractivity contribution is -0.757. The lowest BCUT2D eigenvalue weighted by Crippen LogP contribution is -2.61. The molecule has 0 bridgehead atoms. The highest BCUT2D eigenvalue weighted by atomic mass is 16.9. The first kappa shape index (κ1) is 37.6. The van der Waals surface area contributed by atoms with Crippen LogP contribution in [0.25, 0.3) is 22.3 Å². The molecule has 4 aromatic carbocycles. The lowest BCUT2D eigenvalue weighted by Gasteiger charge is -2.39. The first-order chi connectivity index (χ1) is 26.1. The molecule has 0 unspecified atom stereocenters. The summed E-state index contributed by atoms with van der Waals surface area (Å²) >= 11 is 0. The van der Waals surface area contributed by atoms with E-state index in [1.807, 2.05) is 30.3 Å². The van der Waals surface area contributed by atoms with E-state index >= 15 is 0 Å². The summed E-state index contributed by atoms with van der Waals surface area (Å²) in [5, 5.41) is 52.5. The molecule has 0 saturated carbocycles. The van der Waals surface area contributed by atoms with E-state index in [0.29, 0.717) is 23.5 Å². The normalized spacial score (nSPS) is 19.5. The van der Waals surface area contributed by atoms with Gasteiger partial charge in [0, 0.05) is 24.1 Å². The Morgan fingerprint density at radius 1 is 0.815 bits per heavy atom. The fourth-order valence-corrected chi connectivity index (χ4v) is 5.53. The predicted molar refractivity (Wildman–Crippen MR) is 187 cm³/mol. The average Bonchev–Trinajstić information content (AvgIpc) is 3.17. The molecule has 1 aliphatic rings. The summed E-state index contributed by atoms with van der Waals surface area (Å²) in [6.45, 7) is -0.487. The van der Waals surface area contributed by atoms with Gasteiger partial charge in [0.15, 0.2) is 23.0 Å². The van der Waals surface area contributed by atoms with Crippen molar-refractivity contribution in [2.24, 2.45) is 0 Å². The van der Waals surface area contributed by atoms with Crippen molar-refractivity contribution in [2.45, 2.75) is 50.3 Å². The number of nitrogens with zero attached hydrogens (tertiary/aromatic N) is 1. The van der Waals surface area contributed by atoms with Crippen LogP contribution in [0.4, 0.5) is 0 Å². The van der Waals surface area contributed by atoms with Crippen molar-refractivity contribution in [2.75, 3.05) is 13.2 Å². The van der Waals surface area contributed by atoms with Gasteiger partial charge >= 0.3 is 5.97 Å². The number of carbonyl (C=O) groups excluding carboxylic acids is 1. The molecule has 16 heteroatoms. The molecular formula is C38H35NO15. The number of phenolic OH excluding ortho intramolecular Hbond substituents is 1. The Bertz CT molecular complexity index is 2110. The number of fused-ring (bicyclic) bond motifs is 1. The van der Waals surface area contributed by atoms with Crippen molar-refractivity contribution in [1.29, 1.82) is 0 Å². The Kier molecular flexibility index (Phi) is 11.9. The zero-order chi connectivity index (χ0) is 38.2. The van der Waals surface area contributed by atoms with E-state index in [4.69, 9.17) is 28.1 Å². The Labute approximate surface area is 306 Å². The quantitative estimate of drug-likeness (QED) is 0.0519. The molecule has 0 amide bonds. The van der Waals surface area contributed by atoms with Crippen LogP contribution < -0.4 is 19.6 Å². The van der Waals surface area contributed by atoms with Crippen molar-refractivity contribution in [3.8, 4) is 34.3 Å². The summed E-state index contributed by atoms with van der Waals surface area (Å²) in [7, 11) is 0. The SMILES string of the molecule is O=C(OCCCO[N+](=O)[O-])[C@H]1O[C@@H](Oc2cc3oc(-c4ccc(OCc5ccccc5)cc4)cc(=O)c3c(O)c2OCc2ccccc2)[C@H](O)[C@@H](O)[C@@H]1O. The summed E-state index contributed by atoms with van der Waals surface area (Å²) in [6, 6.07) is 27.6. The van der Waals surface area contributed by atoms with Crippen LogP contribution in [-0.4, -0.2) is 75.4 Å². The molecule has 4 N–H and O–H groups in total. The van der Waals surface area contributed by atoms with E-state index in [-0.39, 0.29) is 54.5 Å². The van der Waals surface area contributed by atoms with Gasteiger partial charge in [-0.1, -0.05) is 60.7 Å². The molecule has 54 heavy (non-hydrogen) atoms. The molecule has 16 nitrogen and oxygen atoms in total. The number of hydrogen-bond donors (Lipinski definition) is 4. The lowest BCUT2D eigenvalue weighted by atomic mass is 9.99. The molecule has 5 atom stereocenters. The number of carbonyl (C=O) groups is 1. The van der Waals surface area contributed by atoms with Crippen LogP contribution in [0, 0.1) is 10.1 Å². The second kappa shape index (κ2) is 17.1. The highest BCUT2D eigenvalue weighted by Crippen LogP contribution is 2.44. The van der Waals surface area contributed by atoms with Crippen molar-refractivity contribution in [3.63, 3.8) is 0 Å². The maximum atomic E-state index is 13.5. The molecule has 1 fully saturated rings. The third-order valence-electron chi connectivity index (χ3n) is 8.30. The van der Waals surface area contributed by atoms with Gasteiger partial charge in [-0.15, -0.1) is 10.1 Å². The third kappa shape index (κ3) is 8.87. The molecule has 0 spiro atoms. The maximum Gasteiger partial charge on any atom is 0.338 e. The standard InChI is InChI=1S/C38H35NO15/c40-26-18-27(24-12-14-25(15-13-24)49-20-22-8-3-1-4-9-22)52-28-19-29(35(31(41)30(26)28)50-21-23-10-5-2-6-11-23)53-38-34(44)32(42)33(43)36(54-38)37(45)48-16-7-17-51-39(46)47/h1-6,8-15,18-19,32-34,36,38,41-44H,7,16-17,20-21H2/t32-,33-,34+,36-,38+/m0/s1. The van der Waals surface area contributed by atoms with E-state index in [1.165, 1.54) is 12.1 Å². The summed E-state index contributed by atoms with van der Waals surface area (Å²) < 4.78 is 34.3. The minimum Gasteiger partial charge on any atom is -0.504 e. The summed E-state index contributed by atoms with van der Waals surface area (Å²) in [4.78, 5) is 40.8. The zero-order valence-corrected chi connectivity index (χ0v) is 28.4. The van der Waals surface area contributed by atoms with Crippen molar-refractivity contribution in [1.82, 2.24) is 0 Å². The van der Waals surface area contributed by atoms with Crippen LogP contribution in [-0.2, 0) is 32.3 Å². The highest BCUT2D eigenvalue weighted by molar-refractivity contribution is 5.89. The van der Waals surface area contributed by atoms with Crippen LogP contribution in [0.1, 0.15) is 17.5 Å². The van der Waals surface area contributed by atoms with Crippen molar-refractivity contribution < 1.29 is 63.2 Å². The largest absolute Gasteiger partial charge is 0.504 e. The minimum atomic E-state index is -1.98. The maximum absolute atomic E-state index is 13.5.